The average molecular weight is 271 g/mol. The van der Waals surface area contributed by atoms with Crippen LogP contribution in [-0.2, 0) is 17.2 Å². The van der Waals surface area contributed by atoms with E-state index in [9.17, 15) is 9.59 Å². The zero-order valence-corrected chi connectivity index (χ0v) is 12.0. The third-order valence-corrected chi connectivity index (χ3v) is 4.37. The van der Waals surface area contributed by atoms with Crippen molar-refractivity contribution in [3.63, 3.8) is 0 Å². The van der Waals surface area contributed by atoms with E-state index in [2.05, 4.69) is 13.8 Å². The molecule has 6 heteroatoms. The fraction of sp³-hybridized carbons (Fsp3) is 0.833. The van der Waals surface area contributed by atoms with E-state index < -0.39 is 15.9 Å². The predicted octanol–water partition coefficient (Wildman–Crippen LogP) is 0.874. The molecule has 3 unspecified atom stereocenters. The first kappa shape index (κ1) is 15.5. The van der Waals surface area contributed by atoms with Crippen LogP contribution >= 0.6 is 0 Å². The van der Waals surface area contributed by atoms with Crippen molar-refractivity contribution in [2.24, 2.45) is 23.7 Å². The summed E-state index contributed by atoms with van der Waals surface area (Å²) in [6, 6.07) is 0. The summed E-state index contributed by atoms with van der Waals surface area (Å²) in [5.74, 6) is -0.112. The van der Waals surface area contributed by atoms with Gasteiger partial charge in [0.2, 0.25) is 0 Å². The molecule has 2 fully saturated rings. The molecular weight excluding hydrogens is 251 g/mol. The number of carbonyl (C=O) groups is 2. The summed E-state index contributed by atoms with van der Waals surface area (Å²) in [5, 5.41) is 0. The average Bonchev–Trinajstić information content (AvgIpc) is 2.40. The van der Waals surface area contributed by atoms with Crippen molar-refractivity contribution < 1.29 is 22.6 Å². The lowest BCUT2D eigenvalue weighted by molar-refractivity contribution is -0.150. The minimum atomic E-state index is -0.938. The summed E-state index contributed by atoms with van der Waals surface area (Å²) in [5.41, 5.74) is 0. The van der Waals surface area contributed by atoms with Gasteiger partial charge in [-0.15, -0.1) is 0 Å². The van der Waals surface area contributed by atoms with E-state index >= 15 is 0 Å². The van der Waals surface area contributed by atoms with Gasteiger partial charge < -0.3 is 13.1 Å². The molecule has 1 heterocycles. The van der Waals surface area contributed by atoms with E-state index in [1.54, 1.807) is 0 Å². The van der Waals surface area contributed by atoms with Gasteiger partial charge in [-0.3, -0.25) is 9.59 Å². The van der Waals surface area contributed by atoms with E-state index in [-0.39, 0.29) is 35.2 Å². The molecule has 1 saturated carbocycles. The lowest BCUT2D eigenvalue weighted by Gasteiger charge is -2.35. The smallest absolute Gasteiger partial charge is 0.589 e. The van der Waals surface area contributed by atoms with Gasteiger partial charge in [0.15, 0.2) is 0 Å². The van der Waals surface area contributed by atoms with Crippen molar-refractivity contribution in [2.75, 3.05) is 0 Å². The Labute approximate surface area is 114 Å². The van der Waals surface area contributed by atoms with Gasteiger partial charge >= 0.3 is 15.9 Å². The van der Waals surface area contributed by atoms with E-state index in [4.69, 9.17) is 7.58 Å². The lowest BCUT2D eigenvalue weighted by atomic mass is 9.69. The summed E-state index contributed by atoms with van der Waals surface area (Å²) < 4.78 is 10.1. The van der Waals surface area contributed by atoms with Crippen molar-refractivity contribution >= 4 is 27.8 Å². The number of rotatable bonds is 2. The number of fused-ring (bicyclic) bond motifs is 1. The van der Waals surface area contributed by atoms with Crippen molar-refractivity contribution in [1.29, 1.82) is 0 Å². The van der Waals surface area contributed by atoms with Crippen molar-refractivity contribution in [3.8, 4) is 0 Å². The topological polar surface area (TPSA) is 84.1 Å². The molecule has 18 heavy (non-hydrogen) atoms. The van der Waals surface area contributed by atoms with Crippen molar-refractivity contribution in [3.05, 3.63) is 0 Å². The minimum Gasteiger partial charge on any atom is -0.589 e. The SMILES string of the molecule is CC(C)CC1CCCC2C(=O)[O][Al][O]C(=O)C12.O. The first-order chi connectivity index (χ1) is 8.09. The summed E-state index contributed by atoms with van der Waals surface area (Å²) in [6.45, 7) is 4.30. The molecule has 2 aliphatic rings. The van der Waals surface area contributed by atoms with Gasteiger partial charge in [-0.2, -0.15) is 0 Å². The highest BCUT2D eigenvalue weighted by Gasteiger charge is 2.45. The zero-order chi connectivity index (χ0) is 12.4. The highest BCUT2D eigenvalue weighted by Crippen LogP contribution is 2.40. The Morgan fingerprint density at radius 1 is 1.22 bits per heavy atom. The Kier molecular flexibility index (Phi) is 5.64. The maximum Gasteiger partial charge on any atom is 0.885 e. The van der Waals surface area contributed by atoms with Crippen LogP contribution in [0.15, 0.2) is 0 Å². The van der Waals surface area contributed by atoms with Gasteiger partial charge in [-0.25, -0.2) is 0 Å². The van der Waals surface area contributed by atoms with Crippen molar-refractivity contribution in [2.45, 2.75) is 39.5 Å². The second-order valence-electron chi connectivity index (χ2n) is 5.42. The first-order valence-electron chi connectivity index (χ1n) is 6.32. The third-order valence-electron chi connectivity index (χ3n) is 3.71. The second kappa shape index (κ2) is 6.56. The first-order valence-corrected chi connectivity index (χ1v) is 7.26. The second-order valence-corrected chi connectivity index (χ2v) is 6.09. The van der Waals surface area contributed by atoms with Crippen molar-refractivity contribution in [1.82, 2.24) is 0 Å². The Bertz CT molecular complexity index is 318. The van der Waals surface area contributed by atoms with Crippen LogP contribution in [-0.4, -0.2) is 33.3 Å². The Balaban J connectivity index is 0.00000162. The molecule has 0 spiro atoms. The van der Waals surface area contributed by atoms with Crippen LogP contribution in [0.3, 0.4) is 0 Å². The normalized spacial score (nSPS) is 31.4. The molecule has 0 amide bonds. The fourth-order valence-corrected chi connectivity index (χ4v) is 3.63. The van der Waals surface area contributed by atoms with Crippen LogP contribution in [0.25, 0.3) is 0 Å². The van der Waals surface area contributed by atoms with Crippen LogP contribution in [0.5, 0.6) is 0 Å². The molecule has 5 nitrogen and oxygen atoms in total. The lowest BCUT2D eigenvalue weighted by Crippen LogP contribution is -2.38. The molecule has 1 aliphatic heterocycles. The highest BCUT2D eigenvalue weighted by molar-refractivity contribution is 6.27. The molecule has 1 saturated heterocycles. The zero-order valence-electron chi connectivity index (χ0n) is 10.8. The summed E-state index contributed by atoms with van der Waals surface area (Å²) in [6.07, 6.45) is 3.79. The van der Waals surface area contributed by atoms with Crippen LogP contribution in [0.4, 0.5) is 0 Å². The molecule has 3 atom stereocenters. The molecule has 101 valence electrons. The van der Waals surface area contributed by atoms with Gasteiger partial charge in [0.1, 0.15) is 0 Å². The van der Waals surface area contributed by atoms with Crippen LogP contribution < -0.4 is 0 Å². The molecule has 0 bridgehead atoms. The quantitative estimate of drug-likeness (QED) is 0.698. The predicted molar refractivity (Wildman–Crippen MR) is 65.3 cm³/mol. The number of hydrogen-bond acceptors (Lipinski definition) is 4. The molecular formula is C12H20AlO5. The molecule has 0 aromatic rings. The molecule has 0 aromatic heterocycles. The molecule has 1 aliphatic carbocycles. The van der Waals surface area contributed by atoms with Gasteiger partial charge in [0.05, 0.1) is 11.8 Å². The monoisotopic (exact) mass is 271 g/mol. The van der Waals surface area contributed by atoms with Gasteiger partial charge in [0.25, 0.3) is 11.9 Å². The van der Waals surface area contributed by atoms with E-state index in [0.717, 1.165) is 25.7 Å². The van der Waals surface area contributed by atoms with Gasteiger partial charge in [-0.1, -0.05) is 20.3 Å². The maximum atomic E-state index is 12.0. The highest BCUT2D eigenvalue weighted by atomic mass is 27.2. The number of carbonyl (C=O) groups excluding carboxylic acids is 2. The fourth-order valence-electron chi connectivity index (χ4n) is 3.06. The van der Waals surface area contributed by atoms with Crippen LogP contribution in [0.2, 0.25) is 0 Å². The van der Waals surface area contributed by atoms with Crippen LogP contribution in [0.1, 0.15) is 39.5 Å². The maximum absolute atomic E-state index is 12.0. The molecule has 1 radical (unpaired) electrons. The molecule has 2 rings (SSSR count). The van der Waals surface area contributed by atoms with E-state index in [1.165, 1.54) is 0 Å². The van der Waals surface area contributed by atoms with Gasteiger partial charge in [0, 0.05) is 0 Å². The van der Waals surface area contributed by atoms with E-state index in [1.807, 2.05) is 0 Å². The summed E-state index contributed by atoms with van der Waals surface area (Å²) >= 11 is -0.938. The summed E-state index contributed by atoms with van der Waals surface area (Å²) in [4.78, 5) is 23.7. The van der Waals surface area contributed by atoms with Crippen LogP contribution in [0, 0.1) is 23.7 Å². The van der Waals surface area contributed by atoms with E-state index in [0.29, 0.717) is 5.92 Å². The third kappa shape index (κ3) is 3.25. The summed E-state index contributed by atoms with van der Waals surface area (Å²) in [7, 11) is 0. The largest absolute Gasteiger partial charge is 0.885 e. The standard InChI is InChI=1S/C12H20O4.Al.H2O/c1-7(2)6-8-4-3-5-9(11(13)14)10(8)12(15)16;;/h7-10H,3-6H2,1-2H3,(H,13,14)(H,15,16);;1H2/q;+2;/p-2. The molecule has 0 aromatic carbocycles. The Morgan fingerprint density at radius 3 is 2.56 bits per heavy atom. The van der Waals surface area contributed by atoms with Gasteiger partial charge in [-0.05, 0) is 31.1 Å². The number of hydrogen-bond donors (Lipinski definition) is 0. The molecule has 2 N–H and O–H groups in total. The minimum absolute atomic E-state index is 0. The Hall–Kier alpha value is -0.568. The Morgan fingerprint density at radius 2 is 1.89 bits per heavy atom.